The van der Waals surface area contributed by atoms with Crippen LogP contribution < -0.4 is 0 Å². The van der Waals surface area contributed by atoms with Gasteiger partial charge in [0, 0.05) is 18.5 Å². The third-order valence-corrected chi connectivity index (χ3v) is 4.38. The zero-order valence-electron chi connectivity index (χ0n) is 6.94. The molecule has 0 unspecified atom stereocenters. The highest BCUT2D eigenvalue weighted by Crippen LogP contribution is 2.35. The van der Waals surface area contributed by atoms with Crippen LogP contribution in [0.3, 0.4) is 0 Å². The van der Waals surface area contributed by atoms with Crippen molar-refractivity contribution in [3.05, 3.63) is 0 Å². The van der Waals surface area contributed by atoms with Crippen LogP contribution in [0.4, 0.5) is 0 Å². The largest absolute Gasteiger partial charge is 0.381 e. The number of halogens is 1. The second-order valence-corrected chi connectivity index (χ2v) is 4.61. The zero-order valence-corrected chi connectivity index (χ0v) is 9.34. The van der Waals surface area contributed by atoms with Gasteiger partial charge in [-0.15, -0.1) is 0 Å². The van der Waals surface area contributed by atoms with Crippen LogP contribution in [0.25, 0.3) is 0 Å². The number of alkyl halides is 1. The van der Waals surface area contributed by atoms with Crippen LogP contribution in [0.5, 0.6) is 0 Å². The molecule has 0 atom stereocenters. The van der Waals surface area contributed by atoms with Crippen molar-refractivity contribution in [2.24, 2.45) is 5.41 Å². The fourth-order valence-electron chi connectivity index (χ4n) is 1.43. The number of rotatable bonds is 3. The lowest BCUT2D eigenvalue weighted by atomic mass is 9.85. The first-order valence-corrected chi connectivity index (χ1v) is 6.47. The Morgan fingerprint density at radius 3 is 2.55 bits per heavy atom. The molecule has 0 radical (unpaired) electrons. The minimum Gasteiger partial charge on any atom is -0.381 e. The highest BCUT2D eigenvalue weighted by molar-refractivity contribution is 9.09. The van der Waals surface area contributed by atoms with E-state index in [-0.39, 0.29) is 0 Å². The Morgan fingerprint density at radius 1 is 1.45 bits per heavy atom. The summed E-state index contributed by atoms with van der Waals surface area (Å²) < 4.78 is 5.34. The lowest BCUT2D eigenvalue weighted by molar-refractivity contribution is 0.0375. The molecule has 66 valence electrons. The minimum atomic E-state index is 0.525. The number of hydrogen-bond acceptors (Lipinski definition) is 2. The summed E-state index contributed by atoms with van der Waals surface area (Å²) in [6.45, 7) is 1.90. The standard InChI is InChI=1S/C8H15BrOS/c1-11-7-8(6-9)2-4-10-5-3-8/h2-7H2,1H3. The van der Waals surface area contributed by atoms with E-state index in [2.05, 4.69) is 22.2 Å². The summed E-state index contributed by atoms with van der Waals surface area (Å²) in [4.78, 5) is 0. The highest BCUT2D eigenvalue weighted by atomic mass is 79.9. The molecule has 1 fully saturated rings. The van der Waals surface area contributed by atoms with Gasteiger partial charge in [-0.2, -0.15) is 11.8 Å². The van der Waals surface area contributed by atoms with Crippen LogP contribution in [0.15, 0.2) is 0 Å². The molecule has 0 N–H and O–H groups in total. The number of hydrogen-bond donors (Lipinski definition) is 0. The van der Waals surface area contributed by atoms with Gasteiger partial charge in [-0.3, -0.25) is 0 Å². The summed E-state index contributed by atoms with van der Waals surface area (Å²) in [5.74, 6) is 1.27. The van der Waals surface area contributed by atoms with E-state index in [1.54, 1.807) is 0 Å². The molecule has 0 amide bonds. The Kier molecular flexibility index (Phi) is 4.24. The smallest absolute Gasteiger partial charge is 0.0471 e. The molecular formula is C8H15BrOS. The first-order chi connectivity index (χ1) is 5.33. The molecular weight excluding hydrogens is 224 g/mol. The maximum Gasteiger partial charge on any atom is 0.0471 e. The van der Waals surface area contributed by atoms with E-state index < -0.39 is 0 Å². The van der Waals surface area contributed by atoms with E-state index in [9.17, 15) is 0 Å². The first kappa shape index (κ1) is 9.87. The Bertz CT molecular complexity index is 107. The molecule has 0 aromatic heterocycles. The molecule has 3 heteroatoms. The predicted octanol–water partition coefficient (Wildman–Crippen LogP) is 2.54. The molecule has 1 aliphatic rings. The van der Waals surface area contributed by atoms with Crippen molar-refractivity contribution < 1.29 is 4.74 Å². The van der Waals surface area contributed by atoms with E-state index in [1.807, 2.05) is 11.8 Å². The Hall–Kier alpha value is 0.790. The van der Waals surface area contributed by atoms with Gasteiger partial charge in [0.25, 0.3) is 0 Å². The first-order valence-electron chi connectivity index (χ1n) is 3.96. The number of ether oxygens (including phenoxy) is 1. The summed E-state index contributed by atoms with van der Waals surface area (Å²) in [7, 11) is 0. The van der Waals surface area contributed by atoms with Crippen LogP contribution in [0.1, 0.15) is 12.8 Å². The quantitative estimate of drug-likeness (QED) is 0.700. The average molecular weight is 239 g/mol. The van der Waals surface area contributed by atoms with Crippen molar-refractivity contribution in [3.8, 4) is 0 Å². The molecule has 0 aromatic rings. The fourth-order valence-corrected chi connectivity index (χ4v) is 3.45. The molecule has 0 bridgehead atoms. The Labute approximate surface area is 81.4 Å². The van der Waals surface area contributed by atoms with Crippen molar-refractivity contribution >= 4 is 27.7 Å². The lowest BCUT2D eigenvalue weighted by Gasteiger charge is -2.34. The molecule has 1 aliphatic heterocycles. The van der Waals surface area contributed by atoms with Crippen molar-refractivity contribution in [1.82, 2.24) is 0 Å². The van der Waals surface area contributed by atoms with Crippen LogP contribution in [-0.4, -0.2) is 30.6 Å². The molecule has 0 aliphatic carbocycles. The van der Waals surface area contributed by atoms with E-state index >= 15 is 0 Å². The topological polar surface area (TPSA) is 9.23 Å². The minimum absolute atomic E-state index is 0.525. The van der Waals surface area contributed by atoms with Gasteiger partial charge in [-0.1, -0.05) is 15.9 Å². The third-order valence-electron chi connectivity index (χ3n) is 2.29. The van der Waals surface area contributed by atoms with E-state index in [4.69, 9.17) is 4.74 Å². The summed E-state index contributed by atoms with van der Waals surface area (Å²) >= 11 is 5.55. The zero-order chi connectivity index (χ0) is 8.16. The third kappa shape index (κ3) is 2.63. The Morgan fingerprint density at radius 2 is 2.09 bits per heavy atom. The van der Waals surface area contributed by atoms with Gasteiger partial charge < -0.3 is 4.74 Å². The molecule has 0 saturated carbocycles. The van der Waals surface area contributed by atoms with Crippen LogP contribution in [-0.2, 0) is 4.74 Å². The number of thioether (sulfide) groups is 1. The van der Waals surface area contributed by atoms with E-state index in [0.717, 1.165) is 18.5 Å². The summed E-state index contributed by atoms with van der Waals surface area (Å²) in [5.41, 5.74) is 0.525. The van der Waals surface area contributed by atoms with Gasteiger partial charge in [-0.05, 0) is 30.3 Å². The van der Waals surface area contributed by atoms with Gasteiger partial charge >= 0.3 is 0 Å². The van der Waals surface area contributed by atoms with Crippen molar-refractivity contribution in [1.29, 1.82) is 0 Å². The molecule has 0 aromatic carbocycles. The monoisotopic (exact) mass is 238 g/mol. The molecule has 0 spiro atoms. The van der Waals surface area contributed by atoms with Gasteiger partial charge in [0.15, 0.2) is 0 Å². The van der Waals surface area contributed by atoms with E-state index in [0.29, 0.717) is 5.41 Å². The highest BCUT2D eigenvalue weighted by Gasteiger charge is 2.30. The van der Waals surface area contributed by atoms with Crippen molar-refractivity contribution in [2.45, 2.75) is 12.8 Å². The van der Waals surface area contributed by atoms with Crippen LogP contribution in [0.2, 0.25) is 0 Å². The average Bonchev–Trinajstić information content (AvgIpc) is 2.07. The Balaban J connectivity index is 2.42. The van der Waals surface area contributed by atoms with Gasteiger partial charge in [0.2, 0.25) is 0 Å². The molecule has 1 heterocycles. The second kappa shape index (κ2) is 4.73. The van der Waals surface area contributed by atoms with Crippen LogP contribution in [0, 0.1) is 5.41 Å². The van der Waals surface area contributed by atoms with Crippen molar-refractivity contribution in [3.63, 3.8) is 0 Å². The second-order valence-electron chi connectivity index (χ2n) is 3.18. The summed E-state index contributed by atoms with van der Waals surface area (Å²) in [6.07, 6.45) is 4.62. The van der Waals surface area contributed by atoms with Crippen LogP contribution >= 0.6 is 27.7 Å². The maximum absolute atomic E-state index is 5.34. The molecule has 11 heavy (non-hydrogen) atoms. The molecule has 1 rings (SSSR count). The molecule has 1 nitrogen and oxygen atoms in total. The summed E-state index contributed by atoms with van der Waals surface area (Å²) in [5, 5.41) is 1.13. The van der Waals surface area contributed by atoms with E-state index in [1.165, 1.54) is 18.6 Å². The predicted molar refractivity (Wildman–Crippen MR) is 54.7 cm³/mol. The van der Waals surface area contributed by atoms with Gasteiger partial charge in [-0.25, -0.2) is 0 Å². The SMILES string of the molecule is CSCC1(CBr)CCOCC1. The fraction of sp³-hybridized carbons (Fsp3) is 1.00. The van der Waals surface area contributed by atoms with Crippen molar-refractivity contribution in [2.75, 3.05) is 30.6 Å². The normalized spacial score (nSPS) is 23.5. The van der Waals surface area contributed by atoms with Gasteiger partial charge in [0.05, 0.1) is 0 Å². The summed E-state index contributed by atoms with van der Waals surface area (Å²) in [6, 6.07) is 0. The lowest BCUT2D eigenvalue weighted by Crippen LogP contribution is -2.33. The maximum atomic E-state index is 5.34. The molecule has 1 saturated heterocycles. The van der Waals surface area contributed by atoms with Gasteiger partial charge in [0.1, 0.15) is 0 Å².